The van der Waals surface area contributed by atoms with Crippen molar-refractivity contribution in [1.82, 2.24) is 20.2 Å². The molecule has 0 bridgehead atoms. The number of benzene rings is 3. The molecule has 0 atom stereocenters. The molecule has 3 aromatic carbocycles. The predicted molar refractivity (Wildman–Crippen MR) is 145 cm³/mol. The number of phenolic OH excluding ortho intramolecular Hbond substituents is 1. The van der Waals surface area contributed by atoms with Crippen LogP contribution in [-0.4, -0.2) is 44.9 Å². The molecule has 0 aliphatic carbocycles. The molecule has 0 aliphatic rings. The summed E-state index contributed by atoms with van der Waals surface area (Å²) in [6.07, 6.45) is 1.47. The van der Waals surface area contributed by atoms with Gasteiger partial charge in [0.1, 0.15) is 0 Å². The molecule has 0 fully saturated rings. The normalized spacial score (nSPS) is 11.1. The molecule has 4 aromatic rings. The van der Waals surface area contributed by atoms with Crippen LogP contribution in [0.25, 0.3) is 17.1 Å². The van der Waals surface area contributed by atoms with Gasteiger partial charge in [-0.1, -0.05) is 59.3 Å². The molecule has 1 aromatic heterocycles. The SMILES string of the molecule is COc1cc(/C=N/NC(=O)CSc2nnc(-c3ccc(C)cc3)n2-c2ccc(C)cc2)cc(Br)c1O. The van der Waals surface area contributed by atoms with E-state index in [1.807, 2.05) is 66.9 Å². The second-order valence-corrected chi connectivity index (χ2v) is 9.78. The number of aromatic nitrogens is 3. The Bertz CT molecular complexity index is 1400. The molecule has 36 heavy (non-hydrogen) atoms. The van der Waals surface area contributed by atoms with Crippen molar-refractivity contribution >= 4 is 39.8 Å². The van der Waals surface area contributed by atoms with Gasteiger partial charge >= 0.3 is 0 Å². The number of nitrogens with one attached hydrogen (secondary N) is 1. The first kappa shape index (κ1) is 25.5. The number of aryl methyl sites for hydroxylation is 2. The van der Waals surface area contributed by atoms with Crippen LogP contribution in [0, 0.1) is 13.8 Å². The van der Waals surface area contributed by atoms with Crippen molar-refractivity contribution in [2.45, 2.75) is 19.0 Å². The maximum absolute atomic E-state index is 12.5. The third kappa shape index (κ3) is 5.95. The maximum atomic E-state index is 12.5. The van der Waals surface area contributed by atoms with Gasteiger partial charge in [-0.05, 0) is 59.6 Å². The van der Waals surface area contributed by atoms with Gasteiger partial charge in [0.05, 0.1) is 23.5 Å². The number of carbonyl (C=O) groups is 1. The first-order chi connectivity index (χ1) is 17.4. The molecule has 10 heteroatoms. The topological polar surface area (TPSA) is 102 Å². The zero-order chi connectivity index (χ0) is 25.7. The number of amides is 1. The molecule has 0 saturated carbocycles. The van der Waals surface area contributed by atoms with Crippen molar-refractivity contribution in [2.75, 3.05) is 12.9 Å². The molecule has 0 aliphatic heterocycles. The number of phenols is 1. The van der Waals surface area contributed by atoms with Crippen LogP contribution in [0.1, 0.15) is 16.7 Å². The van der Waals surface area contributed by atoms with Crippen LogP contribution >= 0.6 is 27.7 Å². The lowest BCUT2D eigenvalue weighted by molar-refractivity contribution is -0.118. The number of hydrogen-bond donors (Lipinski definition) is 2. The minimum atomic E-state index is -0.295. The van der Waals surface area contributed by atoms with Gasteiger partial charge in [-0.3, -0.25) is 9.36 Å². The number of hydrazone groups is 1. The molecule has 4 rings (SSSR count). The highest BCUT2D eigenvalue weighted by molar-refractivity contribution is 9.10. The second kappa shape index (κ2) is 11.4. The monoisotopic (exact) mass is 565 g/mol. The minimum Gasteiger partial charge on any atom is -0.503 e. The van der Waals surface area contributed by atoms with E-state index in [4.69, 9.17) is 4.74 Å². The summed E-state index contributed by atoms with van der Waals surface area (Å²) in [7, 11) is 1.46. The van der Waals surface area contributed by atoms with Crippen LogP contribution in [0.15, 0.2) is 75.4 Å². The molecule has 0 spiro atoms. The van der Waals surface area contributed by atoms with E-state index in [9.17, 15) is 9.90 Å². The van der Waals surface area contributed by atoms with Gasteiger partial charge in [-0.2, -0.15) is 5.10 Å². The molecule has 2 N–H and O–H groups in total. The minimum absolute atomic E-state index is 0.00206. The van der Waals surface area contributed by atoms with E-state index < -0.39 is 0 Å². The van der Waals surface area contributed by atoms with Crippen LogP contribution in [0.4, 0.5) is 0 Å². The fraction of sp³-hybridized carbons (Fsp3) is 0.154. The van der Waals surface area contributed by atoms with Crippen molar-refractivity contribution in [3.63, 3.8) is 0 Å². The van der Waals surface area contributed by atoms with E-state index in [-0.39, 0.29) is 17.4 Å². The van der Waals surface area contributed by atoms with Crippen molar-refractivity contribution in [3.05, 3.63) is 81.8 Å². The van der Waals surface area contributed by atoms with Crippen LogP contribution in [0.5, 0.6) is 11.5 Å². The lowest BCUT2D eigenvalue weighted by atomic mass is 10.1. The summed E-state index contributed by atoms with van der Waals surface area (Å²) in [6.45, 7) is 4.07. The first-order valence-corrected chi connectivity index (χ1v) is 12.7. The Balaban J connectivity index is 1.49. The van der Waals surface area contributed by atoms with E-state index in [0.29, 0.717) is 26.8 Å². The number of carbonyl (C=O) groups excluding carboxylic acids is 1. The lowest BCUT2D eigenvalue weighted by Gasteiger charge is -2.11. The average Bonchev–Trinajstić information content (AvgIpc) is 3.29. The molecular formula is C26H24BrN5O3S. The Hall–Kier alpha value is -3.63. The summed E-state index contributed by atoms with van der Waals surface area (Å²) in [5.74, 6) is 0.797. The molecule has 1 amide bonds. The number of aromatic hydroxyl groups is 1. The van der Waals surface area contributed by atoms with Gasteiger partial charge in [-0.15, -0.1) is 10.2 Å². The number of nitrogens with zero attached hydrogens (tertiary/aromatic N) is 4. The first-order valence-electron chi connectivity index (χ1n) is 11.0. The largest absolute Gasteiger partial charge is 0.503 e. The average molecular weight is 566 g/mol. The number of methoxy groups -OCH3 is 1. The molecule has 1 heterocycles. The molecular weight excluding hydrogens is 542 g/mol. The molecule has 184 valence electrons. The summed E-state index contributed by atoms with van der Waals surface area (Å²) < 4.78 is 7.54. The summed E-state index contributed by atoms with van der Waals surface area (Å²) >= 11 is 4.54. The van der Waals surface area contributed by atoms with E-state index >= 15 is 0 Å². The van der Waals surface area contributed by atoms with Gasteiger partial charge < -0.3 is 9.84 Å². The number of thioether (sulfide) groups is 1. The summed E-state index contributed by atoms with van der Waals surface area (Å²) in [4.78, 5) is 12.5. The molecule has 0 unspecified atom stereocenters. The van der Waals surface area contributed by atoms with Crippen molar-refractivity contribution < 1.29 is 14.6 Å². The number of halogens is 1. The Labute approximate surface area is 221 Å². The van der Waals surface area contributed by atoms with Crippen LogP contribution in [0.2, 0.25) is 0 Å². The lowest BCUT2D eigenvalue weighted by Crippen LogP contribution is -2.20. The zero-order valence-electron chi connectivity index (χ0n) is 19.9. The van der Waals surface area contributed by atoms with E-state index in [1.165, 1.54) is 25.1 Å². The van der Waals surface area contributed by atoms with E-state index in [1.54, 1.807) is 12.1 Å². The van der Waals surface area contributed by atoms with Gasteiger partial charge in [0.2, 0.25) is 0 Å². The Morgan fingerprint density at radius 2 is 1.78 bits per heavy atom. The Morgan fingerprint density at radius 3 is 2.44 bits per heavy atom. The number of hydrogen-bond acceptors (Lipinski definition) is 7. The van der Waals surface area contributed by atoms with Gasteiger partial charge in [0.15, 0.2) is 22.5 Å². The highest BCUT2D eigenvalue weighted by Crippen LogP contribution is 2.34. The summed E-state index contributed by atoms with van der Waals surface area (Å²) in [5.41, 5.74) is 7.31. The maximum Gasteiger partial charge on any atom is 0.250 e. The van der Waals surface area contributed by atoms with Crippen LogP contribution < -0.4 is 10.2 Å². The van der Waals surface area contributed by atoms with Crippen molar-refractivity contribution in [1.29, 1.82) is 0 Å². The van der Waals surface area contributed by atoms with Crippen LogP contribution in [-0.2, 0) is 4.79 Å². The highest BCUT2D eigenvalue weighted by atomic mass is 79.9. The highest BCUT2D eigenvalue weighted by Gasteiger charge is 2.17. The fourth-order valence-corrected chi connectivity index (χ4v) is 4.55. The Kier molecular flexibility index (Phi) is 8.07. The fourth-order valence-electron chi connectivity index (χ4n) is 3.34. The standard InChI is InChI=1S/C26H24BrN5O3S/c1-16-4-8-19(9-5-16)25-30-31-26(32(25)20-10-6-17(2)7-11-20)36-15-23(33)29-28-14-18-12-21(27)24(34)22(13-18)35-3/h4-14,34H,15H2,1-3H3,(H,29,33)/b28-14+. The van der Waals surface area contributed by atoms with Crippen molar-refractivity contribution in [2.24, 2.45) is 5.10 Å². The van der Waals surface area contributed by atoms with E-state index in [0.717, 1.165) is 22.4 Å². The van der Waals surface area contributed by atoms with Gasteiger partial charge in [0, 0.05) is 11.3 Å². The predicted octanol–water partition coefficient (Wildman–Crippen LogP) is 5.27. The molecule has 0 radical (unpaired) electrons. The third-order valence-electron chi connectivity index (χ3n) is 5.24. The molecule has 8 nitrogen and oxygen atoms in total. The van der Waals surface area contributed by atoms with Gasteiger partial charge in [-0.25, -0.2) is 5.43 Å². The van der Waals surface area contributed by atoms with Gasteiger partial charge in [0.25, 0.3) is 5.91 Å². The number of ether oxygens (including phenoxy) is 1. The van der Waals surface area contributed by atoms with Crippen molar-refractivity contribution in [3.8, 4) is 28.6 Å². The van der Waals surface area contributed by atoms with Crippen LogP contribution in [0.3, 0.4) is 0 Å². The smallest absolute Gasteiger partial charge is 0.250 e. The number of rotatable bonds is 8. The molecule has 0 saturated heterocycles. The Morgan fingerprint density at radius 1 is 1.11 bits per heavy atom. The third-order valence-corrected chi connectivity index (χ3v) is 6.77. The zero-order valence-corrected chi connectivity index (χ0v) is 22.3. The summed E-state index contributed by atoms with van der Waals surface area (Å²) in [6, 6.07) is 19.4. The second-order valence-electron chi connectivity index (χ2n) is 7.98. The quantitative estimate of drug-likeness (QED) is 0.171. The van der Waals surface area contributed by atoms with E-state index in [2.05, 4.69) is 36.7 Å². The summed E-state index contributed by atoms with van der Waals surface area (Å²) in [5, 5.41) is 23.3.